The van der Waals surface area contributed by atoms with Crippen molar-refractivity contribution in [2.75, 3.05) is 7.05 Å². The lowest BCUT2D eigenvalue weighted by molar-refractivity contribution is -0.914. The van der Waals surface area contributed by atoms with Gasteiger partial charge in [-0.25, -0.2) is 0 Å². The topological polar surface area (TPSA) is 51.0 Å². The summed E-state index contributed by atoms with van der Waals surface area (Å²) < 4.78 is 6.04. The van der Waals surface area contributed by atoms with E-state index in [1.165, 1.54) is 0 Å². The SMILES string of the molecule is C=C1C(O)OC2(CC3C(=O)c4ccccc4SC3C(C)C2C)[NH+]1C.CC.[Cl-]. The number of Topliss-reactive ketones (excluding diaryl/α,β-unsaturated/α-hetero) is 1. The lowest BCUT2D eigenvalue weighted by Gasteiger charge is -2.50. The summed E-state index contributed by atoms with van der Waals surface area (Å²) in [7, 11) is 2.00. The first kappa shape index (κ1) is 22.4. The molecule has 2 aliphatic heterocycles. The van der Waals surface area contributed by atoms with Crippen LogP contribution in [0.4, 0.5) is 0 Å². The minimum Gasteiger partial charge on any atom is -1.00 e. The summed E-state index contributed by atoms with van der Waals surface area (Å²) in [5.41, 5.74) is 0.916. The molecule has 2 fully saturated rings. The molecule has 27 heavy (non-hydrogen) atoms. The number of quaternary nitrogens is 1. The van der Waals surface area contributed by atoms with Crippen LogP contribution in [0.25, 0.3) is 0 Å². The van der Waals surface area contributed by atoms with E-state index in [0.29, 0.717) is 18.0 Å². The first-order valence-corrected chi connectivity index (χ1v) is 10.4. The fourth-order valence-corrected chi connectivity index (χ4v) is 6.30. The highest BCUT2D eigenvalue weighted by Crippen LogP contribution is 2.52. The standard InChI is InChI=1S/C19H23NO3S.C2H6.ClH/c1-10-11(2)19(20(4)12(3)18(22)23-19)9-14-16(21)13-7-5-6-8-15(13)24-17(10)14;1-2;/h5-8,10-11,14,17-18,22H,3,9H2,1-2,4H3;1-2H3;1H. The Balaban J connectivity index is 0.000000844. The van der Waals surface area contributed by atoms with Crippen LogP contribution in [0.3, 0.4) is 0 Å². The van der Waals surface area contributed by atoms with Crippen molar-refractivity contribution in [3.8, 4) is 0 Å². The van der Waals surface area contributed by atoms with Crippen molar-refractivity contribution in [3.05, 3.63) is 42.1 Å². The Morgan fingerprint density at radius 3 is 2.52 bits per heavy atom. The van der Waals surface area contributed by atoms with Gasteiger partial charge in [0.1, 0.15) is 0 Å². The van der Waals surface area contributed by atoms with Crippen molar-refractivity contribution in [1.82, 2.24) is 0 Å². The van der Waals surface area contributed by atoms with Crippen molar-refractivity contribution in [2.45, 2.75) is 56.3 Å². The number of ketones is 1. The first-order valence-electron chi connectivity index (χ1n) is 9.56. The Morgan fingerprint density at radius 2 is 1.93 bits per heavy atom. The Bertz CT molecular complexity index is 727. The van der Waals surface area contributed by atoms with Crippen molar-refractivity contribution >= 4 is 17.5 Å². The van der Waals surface area contributed by atoms with Crippen LogP contribution in [0.1, 0.15) is 44.5 Å². The van der Waals surface area contributed by atoms with Crippen molar-refractivity contribution in [1.29, 1.82) is 0 Å². The molecular formula is C21H30ClNO3S. The maximum Gasteiger partial charge on any atom is 0.236 e. The molecule has 150 valence electrons. The molecule has 1 saturated heterocycles. The van der Waals surface area contributed by atoms with Crippen LogP contribution in [-0.2, 0) is 4.74 Å². The highest BCUT2D eigenvalue weighted by molar-refractivity contribution is 8.00. The molecule has 7 unspecified atom stereocenters. The highest BCUT2D eigenvalue weighted by Gasteiger charge is 2.63. The summed E-state index contributed by atoms with van der Waals surface area (Å²) >= 11 is 1.83. The van der Waals surface area contributed by atoms with Gasteiger partial charge in [-0.2, -0.15) is 0 Å². The van der Waals surface area contributed by atoms with Gasteiger partial charge in [-0.3, -0.25) is 14.4 Å². The number of thioether (sulfide) groups is 1. The van der Waals surface area contributed by atoms with E-state index in [1.807, 2.05) is 56.9 Å². The molecular weight excluding hydrogens is 382 g/mol. The first-order chi connectivity index (χ1) is 12.4. The molecule has 1 aromatic carbocycles. The number of halogens is 1. The molecule has 6 heteroatoms. The number of carbonyl (C=O) groups is 1. The van der Waals surface area contributed by atoms with Crippen LogP contribution in [0.15, 0.2) is 41.4 Å². The number of fused-ring (bicyclic) bond motifs is 2. The van der Waals surface area contributed by atoms with Crippen LogP contribution in [0.5, 0.6) is 0 Å². The average Bonchev–Trinajstić information content (AvgIpc) is 2.87. The molecule has 1 aliphatic carbocycles. The number of nitrogens with one attached hydrogen (secondary N) is 1. The zero-order chi connectivity index (χ0) is 19.2. The summed E-state index contributed by atoms with van der Waals surface area (Å²) in [5, 5.41) is 10.4. The van der Waals surface area contributed by atoms with Crippen molar-refractivity contribution < 1.29 is 31.9 Å². The normalized spacial score (nSPS) is 39.8. The van der Waals surface area contributed by atoms with E-state index in [2.05, 4.69) is 20.4 Å². The van der Waals surface area contributed by atoms with Gasteiger partial charge in [0.25, 0.3) is 0 Å². The predicted molar refractivity (Wildman–Crippen MR) is 104 cm³/mol. The van der Waals surface area contributed by atoms with E-state index in [0.717, 1.165) is 15.4 Å². The molecule has 1 saturated carbocycles. The summed E-state index contributed by atoms with van der Waals surface area (Å²) in [5.74, 6) is 0.664. The van der Waals surface area contributed by atoms with Gasteiger partial charge in [-0.1, -0.05) is 45.9 Å². The fraction of sp³-hybridized carbons (Fsp3) is 0.571. The van der Waals surface area contributed by atoms with Gasteiger partial charge in [0, 0.05) is 34.0 Å². The monoisotopic (exact) mass is 411 g/mol. The fourth-order valence-electron chi connectivity index (χ4n) is 4.72. The van der Waals surface area contributed by atoms with Gasteiger partial charge in [-0.15, -0.1) is 11.8 Å². The minimum atomic E-state index is -0.949. The zero-order valence-electron chi connectivity index (χ0n) is 16.7. The van der Waals surface area contributed by atoms with Crippen LogP contribution in [0, 0.1) is 17.8 Å². The van der Waals surface area contributed by atoms with E-state index in [9.17, 15) is 9.90 Å². The molecule has 2 heterocycles. The van der Waals surface area contributed by atoms with E-state index >= 15 is 0 Å². The number of ether oxygens (including phenoxy) is 1. The smallest absolute Gasteiger partial charge is 0.236 e. The largest absolute Gasteiger partial charge is 1.00 e. The van der Waals surface area contributed by atoms with Crippen molar-refractivity contribution in [2.24, 2.45) is 17.8 Å². The quantitative estimate of drug-likeness (QED) is 0.617. The second kappa shape index (κ2) is 8.26. The molecule has 3 aliphatic rings. The van der Waals surface area contributed by atoms with E-state index in [1.54, 1.807) is 0 Å². The summed E-state index contributed by atoms with van der Waals surface area (Å²) in [4.78, 5) is 15.2. The van der Waals surface area contributed by atoms with Crippen LogP contribution in [-0.4, -0.2) is 35.2 Å². The van der Waals surface area contributed by atoms with Gasteiger partial charge >= 0.3 is 0 Å². The lowest BCUT2D eigenvalue weighted by atomic mass is 9.67. The Morgan fingerprint density at radius 1 is 1.30 bits per heavy atom. The number of benzene rings is 1. The van der Waals surface area contributed by atoms with E-state index in [4.69, 9.17) is 4.74 Å². The van der Waals surface area contributed by atoms with Crippen LogP contribution >= 0.6 is 11.8 Å². The van der Waals surface area contributed by atoms with Crippen LogP contribution < -0.4 is 17.3 Å². The van der Waals surface area contributed by atoms with E-state index in [-0.39, 0.29) is 35.3 Å². The number of hydrogen-bond acceptors (Lipinski definition) is 4. The average molecular weight is 412 g/mol. The Kier molecular flexibility index (Phi) is 6.86. The molecule has 1 aromatic rings. The Labute approximate surface area is 172 Å². The number of likely N-dealkylation sites (N-methyl/N-ethyl adjacent to an activating group) is 1. The van der Waals surface area contributed by atoms with Gasteiger partial charge in [0.05, 0.1) is 7.05 Å². The minimum absolute atomic E-state index is 0. The molecule has 0 amide bonds. The van der Waals surface area contributed by atoms with Crippen molar-refractivity contribution in [3.63, 3.8) is 0 Å². The van der Waals surface area contributed by atoms with Crippen LogP contribution in [0.2, 0.25) is 0 Å². The number of carbonyl (C=O) groups excluding carboxylic acids is 1. The molecule has 0 bridgehead atoms. The number of hydrogen-bond donors (Lipinski definition) is 2. The van der Waals surface area contributed by atoms with E-state index < -0.39 is 12.0 Å². The summed E-state index contributed by atoms with van der Waals surface area (Å²) in [6.07, 6.45) is -0.319. The van der Waals surface area contributed by atoms with Gasteiger partial charge in [0.2, 0.25) is 12.0 Å². The predicted octanol–water partition coefficient (Wildman–Crippen LogP) is -0.261. The van der Waals surface area contributed by atoms with Gasteiger partial charge in [0.15, 0.2) is 11.5 Å². The number of rotatable bonds is 0. The molecule has 7 atom stereocenters. The maximum atomic E-state index is 13.1. The maximum absolute atomic E-state index is 13.1. The number of aliphatic hydroxyl groups excluding tert-OH is 1. The lowest BCUT2D eigenvalue weighted by Crippen LogP contribution is -3.16. The molecule has 4 rings (SSSR count). The van der Waals surface area contributed by atoms with Gasteiger partial charge in [-0.05, 0) is 18.6 Å². The molecule has 4 nitrogen and oxygen atoms in total. The third kappa shape index (κ3) is 3.28. The highest BCUT2D eigenvalue weighted by atomic mass is 35.5. The molecule has 1 spiro atoms. The molecule has 0 aromatic heterocycles. The molecule has 2 N–H and O–H groups in total. The third-order valence-electron chi connectivity index (χ3n) is 6.45. The summed E-state index contributed by atoms with van der Waals surface area (Å²) in [6, 6.07) is 7.90. The second-order valence-corrected chi connectivity index (χ2v) is 8.63. The molecule has 0 radical (unpaired) electrons. The Hall–Kier alpha value is -0.850. The third-order valence-corrected chi connectivity index (χ3v) is 8.09. The second-order valence-electron chi connectivity index (χ2n) is 7.41. The summed E-state index contributed by atoms with van der Waals surface area (Å²) in [6.45, 7) is 12.4. The number of aliphatic hydroxyl groups is 1. The van der Waals surface area contributed by atoms with Gasteiger partial charge < -0.3 is 17.5 Å². The zero-order valence-corrected chi connectivity index (χ0v) is 18.2.